The van der Waals surface area contributed by atoms with E-state index in [9.17, 15) is 9.90 Å². The molecule has 1 aliphatic heterocycles. The van der Waals surface area contributed by atoms with Gasteiger partial charge in [0.15, 0.2) is 0 Å². The zero-order chi connectivity index (χ0) is 12.5. The van der Waals surface area contributed by atoms with E-state index in [2.05, 4.69) is 20.9 Å². The standard InChI is InChI=1S/C12H15BrN2O2/c1-12(11(16)17)4-2-6-15(12)8-9-3-5-14-7-10(9)13/h3,5,7H,2,4,6,8H2,1H3,(H,16,17). The van der Waals surface area contributed by atoms with Crippen molar-refractivity contribution in [2.45, 2.75) is 31.8 Å². The van der Waals surface area contributed by atoms with Gasteiger partial charge in [-0.15, -0.1) is 0 Å². The van der Waals surface area contributed by atoms with E-state index in [1.54, 1.807) is 19.3 Å². The lowest BCUT2D eigenvalue weighted by atomic mass is 9.99. The number of pyridine rings is 1. The maximum Gasteiger partial charge on any atom is 0.323 e. The Morgan fingerprint density at radius 2 is 2.47 bits per heavy atom. The highest BCUT2D eigenvalue weighted by Crippen LogP contribution is 2.31. The first kappa shape index (κ1) is 12.5. The summed E-state index contributed by atoms with van der Waals surface area (Å²) in [6.07, 6.45) is 5.12. The van der Waals surface area contributed by atoms with E-state index in [1.807, 2.05) is 11.0 Å². The van der Waals surface area contributed by atoms with Crippen LogP contribution in [0.25, 0.3) is 0 Å². The maximum atomic E-state index is 11.3. The molecule has 1 atom stereocenters. The largest absolute Gasteiger partial charge is 0.480 e. The Morgan fingerprint density at radius 3 is 3.12 bits per heavy atom. The van der Waals surface area contributed by atoms with Crippen molar-refractivity contribution in [3.63, 3.8) is 0 Å². The quantitative estimate of drug-likeness (QED) is 0.930. The summed E-state index contributed by atoms with van der Waals surface area (Å²) in [7, 11) is 0. The number of carboxylic acids is 1. The fraction of sp³-hybridized carbons (Fsp3) is 0.500. The van der Waals surface area contributed by atoms with Crippen LogP contribution in [0.5, 0.6) is 0 Å². The summed E-state index contributed by atoms with van der Waals surface area (Å²) >= 11 is 3.44. The van der Waals surface area contributed by atoms with Crippen LogP contribution in [-0.4, -0.2) is 33.0 Å². The van der Waals surface area contributed by atoms with Crippen molar-refractivity contribution in [1.82, 2.24) is 9.88 Å². The van der Waals surface area contributed by atoms with Crippen LogP contribution in [-0.2, 0) is 11.3 Å². The van der Waals surface area contributed by atoms with Gasteiger partial charge in [0.1, 0.15) is 5.54 Å². The van der Waals surface area contributed by atoms with E-state index in [1.165, 1.54) is 0 Å². The van der Waals surface area contributed by atoms with Crippen molar-refractivity contribution in [3.05, 3.63) is 28.5 Å². The molecule has 1 saturated heterocycles. The number of hydrogen-bond acceptors (Lipinski definition) is 3. The number of aliphatic carboxylic acids is 1. The number of hydrogen-bond donors (Lipinski definition) is 1. The molecule has 4 nitrogen and oxygen atoms in total. The van der Waals surface area contributed by atoms with Crippen LogP contribution in [0.2, 0.25) is 0 Å². The summed E-state index contributed by atoms with van der Waals surface area (Å²) in [4.78, 5) is 17.4. The van der Waals surface area contributed by atoms with Crippen LogP contribution >= 0.6 is 15.9 Å². The Hall–Kier alpha value is -0.940. The second-order valence-electron chi connectivity index (χ2n) is 4.57. The van der Waals surface area contributed by atoms with Gasteiger partial charge in [-0.2, -0.15) is 0 Å². The van der Waals surface area contributed by atoms with Crippen molar-refractivity contribution in [1.29, 1.82) is 0 Å². The van der Waals surface area contributed by atoms with Crippen LogP contribution in [0.3, 0.4) is 0 Å². The first-order chi connectivity index (χ1) is 8.04. The molecule has 0 bridgehead atoms. The number of nitrogens with zero attached hydrogens (tertiary/aromatic N) is 2. The number of likely N-dealkylation sites (tertiary alicyclic amines) is 1. The number of carboxylic acid groups (broad SMARTS) is 1. The molecule has 0 saturated carbocycles. The molecular weight excluding hydrogens is 284 g/mol. The predicted molar refractivity (Wildman–Crippen MR) is 67.6 cm³/mol. The minimum atomic E-state index is -0.736. The molecule has 0 aliphatic carbocycles. The molecular formula is C12H15BrN2O2. The van der Waals surface area contributed by atoms with E-state index < -0.39 is 11.5 Å². The Morgan fingerprint density at radius 1 is 1.71 bits per heavy atom. The molecule has 17 heavy (non-hydrogen) atoms. The third kappa shape index (κ3) is 2.35. The van der Waals surface area contributed by atoms with Gasteiger partial charge in [0, 0.05) is 23.4 Å². The fourth-order valence-corrected chi connectivity index (χ4v) is 2.63. The maximum absolute atomic E-state index is 11.3. The highest BCUT2D eigenvalue weighted by Gasteiger charge is 2.43. The number of carbonyl (C=O) groups is 1. The summed E-state index contributed by atoms with van der Waals surface area (Å²) in [6.45, 7) is 3.28. The molecule has 0 aromatic carbocycles. The van der Waals surface area contributed by atoms with Crippen LogP contribution in [0.15, 0.2) is 22.9 Å². The summed E-state index contributed by atoms with van der Waals surface area (Å²) in [5.41, 5.74) is 0.345. The van der Waals surface area contributed by atoms with Crippen molar-refractivity contribution < 1.29 is 9.90 Å². The molecule has 0 amide bonds. The van der Waals surface area contributed by atoms with E-state index in [0.717, 1.165) is 23.0 Å². The van der Waals surface area contributed by atoms with Crippen LogP contribution in [0.4, 0.5) is 0 Å². The summed E-state index contributed by atoms with van der Waals surface area (Å²) in [6, 6.07) is 1.92. The van der Waals surface area contributed by atoms with Crippen LogP contribution in [0, 0.1) is 0 Å². The van der Waals surface area contributed by atoms with Gasteiger partial charge in [-0.25, -0.2) is 0 Å². The molecule has 92 valence electrons. The van der Waals surface area contributed by atoms with E-state index in [-0.39, 0.29) is 0 Å². The minimum Gasteiger partial charge on any atom is -0.480 e. The Kier molecular flexibility index (Phi) is 3.49. The Bertz CT molecular complexity index is 438. The third-order valence-electron chi connectivity index (χ3n) is 3.47. The Balaban J connectivity index is 2.19. The van der Waals surface area contributed by atoms with Gasteiger partial charge < -0.3 is 5.11 Å². The van der Waals surface area contributed by atoms with E-state index >= 15 is 0 Å². The summed E-state index contributed by atoms with van der Waals surface area (Å²) in [5.74, 6) is -0.736. The van der Waals surface area contributed by atoms with Gasteiger partial charge in [0.05, 0.1) is 0 Å². The topological polar surface area (TPSA) is 53.4 Å². The first-order valence-corrected chi connectivity index (χ1v) is 6.40. The van der Waals surface area contributed by atoms with Gasteiger partial charge >= 0.3 is 5.97 Å². The third-order valence-corrected chi connectivity index (χ3v) is 4.18. The molecule has 1 aromatic heterocycles. The Labute approximate surface area is 109 Å². The fourth-order valence-electron chi connectivity index (χ4n) is 2.25. The average Bonchev–Trinajstić information content (AvgIpc) is 2.65. The average molecular weight is 299 g/mol. The summed E-state index contributed by atoms with van der Waals surface area (Å²) < 4.78 is 0.930. The normalized spacial score (nSPS) is 25.1. The monoisotopic (exact) mass is 298 g/mol. The highest BCUT2D eigenvalue weighted by molar-refractivity contribution is 9.10. The predicted octanol–water partition coefficient (Wildman–Crippen LogP) is 2.28. The highest BCUT2D eigenvalue weighted by atomic mass is 79.9. The molecule has 1 fully saturated rings. The van der Waals surface area contributed by atoms with E-state index in [0.29, 0.717) is 13.0 Å². The number of halogens is 1. The smallest absolute Gasteiger partial charge is 0.323 e. The number of aromatic nitrogens is 1. The molecule has 2 heterocycles. The van der Waals surface area contributed by atoms with Gasteiger partial charge in [-0.1, -0.05) is 0 Å². The molecule has 0 spiro atoms. The lowest BCUT2D eigenvalue weighted by Crippen LogP contribution is -2.47. The van der Waals surface area contributed by atoms with Crippen LogP contribution in [0.1, 0.15) is 25.3 Å². The first-order valence-electron chi connectivity index (χ1n) is 5.61. The summed E-state index contributed by atoms with van der Waals surface area (Å²) in [5, 5.41) is 9.32. The van der Waals surface area contributed by atoms with Gasteiger partial charge in [0.2, 0.25) is 0 Å². The second kappa shape index (κ2) is 4.74. The zero-order valence-electron chi connectivity index (χ0n) is 9.69. The molecule has 1 N–H and O–H groups in total. The van der Waals surface area contributed by atoms with Crippen LogP contribution < -0.4 is 0 Å². The van der Waals surface area contributed by atoms with Crippen molar-refractivity contribution in [2.75, 3.05) is 6.54 Å². The van der Waals surface area contributed by atoms with Gasteiger partial charge in [-0.3, -0.25) is 14.7 Å². The van der Waals surface area contributed by atoms with Crippen molar-refractivity contribution in [3.8, 4) is 0 Å². The molecule has 1 aliphatic rings. The van der Waals surface area contributed by atoms with Gasteiger partial charge in [-0.05, 0) is 53.9 Å². The molecule has 5 heteroatoms. The van der Waals surface area contributed by atoms with E-state index in [4.69, 9.17) is 0 Å². The lowest BCUT2D eigenvalue weighted by Gasteiger charge is -2.31. The molecule has 1 unspecified atom stereocenters. The zero-order valence-corrected chi connectivity index (χ0v) is 11.3. The van der Waals surface area contributed by atoms with Gasteiger partial charge in [0.25, 0.3) is 0 Å². The number of rotatable bonds is 3. The molecule has 0 radical (unpaired) electrons. The van der Waals surface area contributed by atoms with Crippen molar-refractivity contribution in [2.24, 2.45) is 0 Å². The SMILES string of the molecule is CC1(C(=O)O)CCCN1Cc1ccncc1Br. The molecule has 2 rings (SSSR count). The second-order valence-corrected chi connectivity index (χ2v) is 5.43. The molecule has 1 aromatic rings. The minimum absolute atomic E-state index is 0.645. The lowest BCUT2D eigenvalue weighted by molar-refractivity contribution is -0.148. The van der Waals surface area contributed by atoms with Crippen molar-refractivity contribution >= 4 is 21.9 Å².